The van der Waals surface area contributed by atoms with Crippen LogP contribution >= 0.6 is 11.6 Å². The Morgan fingerprint density at radius 2 is 2.07 bits per heavy atom. The average Bonchev–Trinajstić information content (AvgIpc) is 3.06. The lowest BCUT2D eigenvalue weighted by molar-refractivity contribution is 0.0696. The number of ether oxygens (including phenoxy) is 3. The second-order valence-corrected chi connectivity index (χ2v) is 8.59. The highest BCUT2D eigenvalue weighted by Crippen LogP contribution is 2.44. The minimum Gasteiger partial charge on any atom is -0.493 e. The van der Waals surface area contributed by atoms with Crippen molar-refractivity contribution in [2.45, 2.75) is 44.2 Å². The number of amides is 1. The summed E-state index contributed by atoms with van der Waals surface area (Å²) in [5, 5.41) is 3.18. The third-order valence-electron chi connectivity index (χ3n) is 5.65. The lowest BCUT2D eigenvalue weighted by Gasteiger charge is -2.24. The zero-order valence-corrected chi connectivity index (χ0v) is 17.9. The summed E-state index contributed by atoms with van der Waals surface area (Å²) < 4.78 is 31.0. The molecule has 1 saturated heterocycles. The van der Waals surface area contributed by atoms with Crippen molar-refractivity contribution in [3.63, 3.8) is 0 Å². The Hall–Kier alpha value is -2.31. The first-order valence-electron chi connectivity index (χ1n) is 10.1. The second-order valence-electron chi connectivity index (χ2n) is 8.18. The van der Waals surface area contributed by atoms with Crippen LogP contribution in [0.1, 0.15) is 41.3 Å². The number of rotatable bonds is 5. The molecule has 30 heavy (non-hydrogen) atoms. The standard InChI is InChI=1S/C23H25ClFNO4/c1-23(12-14-3-4-18(24)19(25)9-14)13-16-10-15(11-20(28-2)21(16)30-23)22(27)26-17-5-7-29-8-6-17/h3-4,9-11,17H,5-8,12-13H2,1-2H3,(H,26,27). The molecule has 2 aromatic carbocycles. The van der Waals surface area contributed by atoms with Gasteiger partial charge in [-0.05, 0) is 49.6 Å². The van der Waals surface area contributed by atoms with E-state index >= 15 is 0 Å². The molecule has 2 aliphatic rings. The molecular weight excluding hydrogens is 409 g/mol. The van der Waals surface area contributed by atoms with E-state index in [0.717, 1.165) is 24.0 Å². The van der Waals surface area contributed by atoms with E-state index in [0.29, 0.717) is 43.1 Å². The molecule has 2 aromatic rings. The van der Waals surface area contributed by atoms with Gasteiger partial charge in [0.2, 0.25) is 0 Å². The number of fused-ring (bicyclic) bond motifs is 1. The molecule has 2 aliphatic heterocycles. The van der Waals surface area contributed by atoms with Crippen molar-refractivity contribution in [2.75, 3.05) is 20.3 Å². The molecule has 5 nitrogen and oxygen atoms in total. The summed E-state index contributed by atoms with van der Waals surface area (Å²) in [6.07, 6.45) is 2.71. The van der Waals surface area contributed by atoms with Crippen molar-refractivity contribution in [1.29, 1.82) is 0 Å². The molecule has 0 spiro atoms. The van der Waals surface area contributed by atoms with Gasteiger partial charge >= 0.3 is 0 Å². The number of methoxy groups -OCH3 is 1. The highest BCUT2D eigenvalue weighted by Gasteiger charge is 2.38. The lowest BCUT2D eigenvalue weighted by atomic mass is 9.91. The Bertz CT molecular complexity index is 960. The number of hydrogen-bond acceptors (Lipinski definition) is 4. The molecule has 0 bridgehead atoms. The topological polar surface area (TPSA) is 56.8 Å². The van der Waals surface area contributed by atoms with Gasteiger partial charge in [0.05, 0.1) is 12.1 Å². The molecule has 0 saturated carbocycles. The van der Waals surface area contributed by atoms with Gasteiger partial charge in [-0.2, -0.15) is 0 Å². The Morgan fingerprint density at radius 3 is 2.77 bits per heavy atom. The fourth-order valence-corrected chi connectivity index (χ4v) is 4.28. The van der Waals surface area contributed by atoms with E-state index in [1.165, 1.54) is 6.07 Å². The lowest BCUT2D eigenvalue weighted by Crippen LogP contribution is -2.38. The molecule has 1 amide bonds. The van der Waals surface area contributed by atoms with Crippen molar-refractivity contribution in [1.82, 2.24) is 5.32 Å². The SMILES string of the molecule is COc1cc(C(=O)NC2CCOCC2)cc2c1OC(C)(Cc1ccc(Cl)c(F)c1)C2. The minimum atomic E-state index is -0.578. The molecule has 0 aliphatic carbocycles. The predicted molar refractivity (Wildman–Crippen MR) is 112 cm³/mol. The zero-order valence-electron chi connectivity index (χ0n) is 17.1. The van der Waals surface area contributed by atoms with Crippen molar-refractivity contribution < 1.29 is 23.4 Å². The third-order valence-corrected chi connectivity index (χ3v) is 5.95. The zero-order chi connectivity index (χ0) is 21.3. The summed E-state index contributed by atoms with van der Waals surface area (Å²) in [6, 6.07) is 8.47. The van der Waals surface area contributed by atoms with Gasteiger partial charge in [-0.1, -0.05) is 17.7 Å². The fourth-order valence-electron chi connectivity index (χ4n) is 4.17. The molecule has 1 N–H and O–H groups in total. The Balaban J connectivity index is 1.54. The number of nitrogens with one attached hydrogen (secondary N) is 1. The maximum atomic E-state index is 13.8. The van der Waals surface area contributed by atoms with E-state index in [9.17, 15) is 9.18 Å². The molecule has 1 unspecified atom stereocenters. The molecule has 0 radical (unpaired) electrons. The van der Waals surface area contributed by atoms with Crippen LogP contribution in [0, 0.1) is 5.82 Å². The van der Waals surface area contributed by atoms with Crippen LogP contribution in [0.25, 0.3) is 0 Å². The van der Waals surface area contributed by atoms with Gasteiger partial charge in [0.15, 0.2) is 11.5 Å². The first-order chi connectivity index (χ1) is 14.4. The monoisotopic (exact) mass is 433 g/mol. The Morgan fingerprint density at radius 1 is 1.30 bits per heavy atom. The van der Waals surface area contributed by atoms with Crippen molar-refractivity contribution >= 4 is 17.5 Å². The maximum Gasteiger partial charge on any atom is 0.251 e. The summed E-state index contributed by atoms with van der Waals surface area (Å²) in [5.41, 5.74) is 1.67. The number of carbonyl (C=O) groups is 1. The van der Waals surface area contributed by atoms with Crippen LogP contribution < -0.4 is 14.8 Å². The van der Waals surface area contributed by atoms with E-state index in [4.69, 9.17) is 25.8 Å². The molecule has 7 heteroatoms. The molecule has 4 rings (SSSR count). The number of hydrogen-bond donors (Lipinski definition) is 1. The van der Waals surface area contributed by atoms with Crippen LogP contribution in [0.4, 0.5) is 4.39 Å². The van der Waals surface area contributed by atoms with Crippen LogP contribution in [0.3, 0.4) is 0 Å². The average molecular weight is 434 g/mol. The number of halogens is 2. The molecule has 1 atom stereocenters. The van der Waals surface area contributed by atoms with Crippen molar-refractivity contribution in [3.8, 4) is 11.5 Å². The summed E-state index contributed by atoms with van der Waals surface area (Å²) in [4.78, 5) is 12.8. The Labute approximate surface area is 180 Å². The normalized spacial score (nSPS) is 21.1. The molecule has 0 aromatic heterocycles. The van der Waals surface area contributed by atoms with E-state index in [1.807, 2.05) is 13.0 Å². The van der Waals surface area contributed by atoms with Gasteiger partial charge in [0.1, 0.15) is 11.4 Å². The number of benzene rings is 2. The predicted octanol–water partition coefficient (Wildman–Crippen LogP) is 4.33. The van der Waals surface area contributed by atoms with E-state index < -0.39 is 11.4 Å². The quantitative estimate of drug-likeness (QED) is 0.762. The van der Waals surface area contributed by atoms with E-state index in [1.54, 1.807) is 25.3 Å². The van der Waals surface area contributed by atoms with Gasteiger partial charge in [0, 0.05) is 43.2 Å². The summed E-state index contributed by atoms with van der Waals surface area (Å²) >= 11 is 5.79. The van der Waals surface area contributed by atoms with E-state index in [2.05, 4.69) is 5.32 Å². The maximum absolute atomic E-state index is 13.8. The van der Waals surface area contributed by atoms with Gasteiger partial charge in [-0.25, -0.2) is 4.39 Å². The molecule has 160 valence electrons. The first kappa shape index (κ1) is 20.9. The fraction of sp³-hybridized carbons (Fsp3) is 0.435. The summed E-state index contributed by atoms with van der Waals surface area (Å²) in [6.45, 7) is 3.30. The van der Waals surface area contributed by atoms with Gasteiger partial charge < -0.3 is 19.5 Å². The van der Waals surface area contributed by atoms with Crippen LogP contribution in [-0.2, 0) is 17.6 Å². The highest BCUT2D eigenvalue weighted by atomic mass is 35.5. The molecule has 1 fully saturated rings. The molecule has 2 heterocycles. The Kier molecular flexibility index (Phi) is 5.89. The van der Waals surface area contributed by atoms with Gasteiger partial charge in [0.25, 0.3) is 5.91 Å². The third kappa shape index (κ3) is 4.40. The smallest absolute Gasteiger partial charge is 0.251 e. The minimum absolute atomic E-state index is 0.0985. The molecular formula is C23H25ClFNO4. The van der Waals surface area contributed by atoms with Gasteiger partial charge in [-0.3, -0.25) is 4.79 Å². The van der Waals surface area contributed by atoms with Crippen LogP contribution in [0.2, 0.25) is 5.02 Å². The second kappa shape index (κ2) is 8.44. The van der Waals surface area contributed by atoms with Crippen molar-refractivity contribution in [3.05, 3.63) is 57.9 Å². The van der Waals surface area contributed by atoms with Crippen LogP contribution in [0.5, 0.6) is 11.5 Å². The highest BCUT2D eigenvalue weighted by molar-refractivity contribution is 6.30. The largest absolute Gasteiger partial charge is 0.493 e. The summed E-state index contributed by atoms with van der Waals surface area (Å²) in [7, 11) is 1.56. The van der Waals surface area contributed by atoms with Crippen LogP contribution in [-0.4, -0.2) is 37.9 Å². The summed E-state index contributed by atoms with van der Waals surface area (Å²) in [5.74, 6) is 0.585. The number of carbonyl (C=O) groups excluding carboxylic acids is 1. The van der Waals surface area contributed by atoms with Gasteiger partial charge in [-0.15, -0.1) is 0 Å². The van der Waals surface area contributed by atoms with Crippen molar-refractivity contribution in [2.24, 2.45) is 0 Å². The van der Waals surface area contributed by atoms with E-state index in [-0.39, 0.29) is 17.0 Å². The van der Waals surface area contributed by atoms with Crippen LogP contribution in [0.15, 0.2) is 30.3 Å². The first-order valence-corrected chi connectivity index (χ1v) is 10.5.